The van der Waals surface area contributed by atoms with Crippen LogP contribution in [0.2, 0.25) is 0 Å². The zero-order valence-corrected chi connectivity index (χ0v) is 17.5. The van der Waals surface area contributed by atoms with Crippen LogP contribution in [-0.2, 0) is 23.1 Å². The van der Waals surface area contributed by atoms with Gasteiger partial charge in [-0.2, -0.15) is 0 Å². The Morgan fingerprint density at radius 2 is 2.00 bits per heavy atom. The van der Waals surface area contributed by atoms with E-state index in [-0.39, 0.29) is 11.4 Å². The molecule has 152 valence electrons. The van der Waals surface area contributed by atoms with Crippen LogP contribution in [0.1, 0.15) is 68.3 Å². The number of benzene rings is 1. The number of morpholine rings is 1. The minimum atomic E-state index is 0.143. The van der Waals surface area contributed by atoms with Gasteiger partial charge >= 0.3 is 6.03 Å². The molecule has 1 aromatic rings. The van der Waals surface area contributed by atoms with Crippen LogP contribution in [0.5, 0.6) is 0 Å². The van der Waals surface area contributed by atoms with Gasteiger partial charge in [-0.25, -0.2) is 4.79 Å². The number of fused-ring (bicyclic) bond motifs is 3. The summed E-state index contributed by atoms with van der Waals surface area (Å²) in [5, 5.41) is 3.69. The average molecular weight is 384 g/mol. The van der Waals surface area contributed by atoms with Crippen LogP contribution < -0.4 is 5.32 Å². The highest BCUT2D eigenvalue weighted by Crippen LogP contribution is 2.37. The standard InChI is InChI=1S/C23H33N3O2/c1-23(2,3)16-9-15-6-8-25(22(27)26-17-11-18(26)14-28-13-17)12-20(15)19(10-16)21-5-4-7-24-21/h9-10,17-18,21,24H,4-8,11-14H2,1-3H3/t17?,18?,21-/m0/s1. The van der Waals surface area contributed by atoms with Crippen molar-refractivity contribution in [3.63, 3.8) is 0 Å². The molecular weight excluding hydrogens is 350 g/mol. The van der Waals surface area contributed by atoms with Gasteiger partial charge in [0, 0.05) is 19.1 Å². The molecule has 2 bridgehead atoms. The number of hydrogen-bond donors (Lipinski definition) is 1. The Morgan fingerprint density at radius 1 is 1.21 bits per heavy atom. The second-order valence-corrected chi connectivity index (χ2v) is 10.0. The summed E-state index contributed by atoms with van der Waals surface area (Å²) in [6.07, 6.45) is 4.51. The van der Waals surface area contributed by atoms with Gasteiger partial charge in [-0.15, -0.1) is 0 Å². The van der Waals surface area contributed by atoms with Crippen LogP contribution in [0.25, 0.3) is 0 Å². The Hall–Kier alpha value is -1.59. The summed E-state index contributed by atoms with van der Waals surface area (Å²) in [7, 11) is 0. The Bertz CT molecular complexity index is 765. The summed E-state index contributed by atoms with van der Waals surface area (Å²) in [6.45, 7) is 11.0. The first-order valence-corrected chi connectivity index (χ1v) is 11.0. The lowest BCUT2D eigenvalue weighted by atomic mass is 9.80. The molecule has 28 heavy (non-hydrogen) atoms. The first kappa shape index (κ1) is 18.4. The van der Waals surface area contributed by atoms with E-state index in [4.69, 9.17) is 4.74 Å². The maximum Gasteiger partial charge on any atom is 0.320 e. The normalized spacial score (nSPS) is 29.5. The van der Waals surface area contributed by atoms with Crippen molar-refractivity contribution in [2.45, 2.75) is 76.5 Å². The third-order valence-corrected chi connectivity index (χ3v) is 7.12. The van der Waals surface area contributed by atoms with Gasteiger partial charge in [-0.3, -0.25) is 0 Å². The molecule has 3 fully saturated rings. The first-order valence-electron chi connectivity index (χ1n) is 11.0. The van der Waals surface area contributed by atoms with Gasteiger partial charge in [0.2, 0.25) is 0 Å². The second-order valence-electron chi connectivity index (χ2n) is 10.0. The molecule has 0 aliphatic carbocycles. The quantitative estimate of drug-likeness (QED) is 0.809. The molecular formula is C23H33N3O2. The summed E-state index contributed by atoms with van der Waals surface area (Å²) in [4.78, 5) is 17.4. The van der Waals surface area contributed by atoms with Crippen molar-refractivity contribution in [3.05, 3.63) is 34.4 Å². The number of nitrogens with zero attached hydrogens (tertiary/aromatic N) is 2. The number of ether oxygens (including phenoxy) is 1. The van der Waals surface area contributed by atoms with Crippen LogP contribution >= 0.6 is 0 Å². The van der Waals surface area contributed by atoms with Crippen molar-refractivity contribution < 1.29 is 9.53 Å². The second kappa shape index (κ2) is 6.74. The van der Waals surface area contributed by atoms with E-state index < -0.39 is 0 Å². The van der Waals surface area contributed by atoms with Gasteiger partial charge in [0.25, 0.3) is 0 Å². The molecule has 1 aromatic carbocycles. The highest BCUT2D eigenvalue weighted by molar-refractivity contribution is 5.77. The summed E-state index contributed by atoms with van der Waals surface area (Å²) < 4.78 is 5.57. The summed E-state index contributed by atoms with van der Waals surface area (Å²) in [5.74, 6) is 0. The minimum Gasteiger partial charge on any atom is -0.377 e. The molecule has 3 saturated heterocycles. The average Bonchev–Trinajstić information content (AvgIpc) is 3.21. The monoisotopic (exact) mass is 383 g/mol. The summed E-state index contributed by atoms with van der Waals surface area (Å²) >= 11 is 0. The molecule has 0 aromatic heterocycles. The number of rotatable bonds is 1. The van der Waals surface area contributed by atoms with Gasteiger partial charge in [0.05, 0.1) is 25.3 Å². The van der Waals surface area contributed by atoms with Crippen LogP contribution in [-0.4, -0.2) is 54.2 Å². The number of carbonyl (C=O) groups is 1. The molecule has 5 nitrogen and oxygen atoms in total. The Kier molecular flexibility index (Phi) is 4.44. The topological polar surface area (TPSA) is 44.8 Å². The van der Waals surface area contributed by atoms with Crippen molar-refractivity contribution in [2.24, 2.45) is 0 Å². The maximum absolute atomic E-state index is 13.2. The lowest BCUT2D eigenvalue weighted by Crippen LogP contribution is -2.68. The fourth-order valence-corrected chi connectivity index (χ4v) is 5.37. The number of amides is 2. The van der Waals surface area contributed by atoms with Gasteiger partial charge < -0.3 is 19.9 Å². The number of nitrogens with one attached hydrogen (secondary N) is 1. The van der Waals surface area contributed by atoms with Crippen molar-refractivity contribution >= 4 is 6.03 Å². The smallest absolute Gasteiger partial charge is 0.320 e. The molecule has 5 heteroatoms. The third-order valence-electron chi connectivity index (χ3n) is 7.12. The molecule has 4 aliphatic rings. The zero-order valence-electron chi connectivity index (χ0n) is 17.5. The van der Waals surface area contributed by atoms with Gasteiger partial charge in [-0.1, -0.05) is 32.9 Å². The molecule has 0 radical (unpaired) electrons. The largest absolute Gasteiger partial charge is 0.377 e. The van der Waals surface area contributed by atoms with Crippen molar-refractivity contribution in [1.82, 2.24) is 15.1 Å². The van der Waals surface area contributed by atoms with Gasteiger partial charge in [-0.05, 0) is 59.9 Å². The molecule has 4 aliphatic heterocycles. The molecule has 2 unspecified atom stereocenters. The number of carbonyl (C=O) groups excluding carboxylic acids is 1. The molecule has 0 spiro atoms. The Morgan fingerprint density at radius 3 is 2.64 bits per heavy atom. The minimum absolute atomic E-state index is 0.143. The van der Waals surface area contributed by atoms with E-state index in [0.29, 0.717) is 31.3 Å². The van der Waals surface area contributed by atoms with Crippen molar-refractivity contribution in [3.8, 4) is 0 Å². The predicted molar refractivity (Wildman–Crippen MR) is 109 cm³/mol. The van der Waals surface area contributed by atoms with E-state index in [1.54, 1.807) is 0 Å². The van der Waals surface area contributed by atoms with E-state index in [1.165, 1.54) is 35.1 Å². The van der Waals surface area contributed by atoms with Crippen LogP contribution in [0, 0.1) is 0 Å². The molecule has 3 atom stereocenters. The van der Waals surface area contributed by atoms with E-state index in [1.807, 2.05) is 0 Å². The Labute approximate surface area is 168 Å². The highest BCUT2D eigenvalue weighted by atomic mass is 16.5. The zero-order chi connectivity index (χ0) is 19.5. The van der Waals surface area contributed by atoms with Crippen molar-refractivity contribution in [2.75, 3.05) is 26.3 Å². The van der Waals surface area contributed by atoms with E-state index in [0.717, 1.165) is 32.5 Å². The van der Waals surface area contributed by atoms with E-state index >= 15 is 0 Å². The van der Waals surface area contributed by atoms with Crippen LogP contribution in [0.15, 0.2) is 12.1 Å². The lowest BCUT2D eigenvalue weighted by Gasteiger charge is -2.53. The van der Waals surface area contributed by atoms with Gasteiger partial charge in [0.1, 0.15) is 0 Å². The molecule has 2 amide bonds. The number of hydrogen-bond acceptors (Lipinski definition) is 3. The number of urea groups is 1. The van der Waals surface area contributed by atoms with E-state index in [9.17, 15) is 4.79 Å². The van der Waals surface area contributed by atoms with E-state index in [2.05, 4.69) is 48.0 Å². The fourth-order valence-electron chi connectivity index (χ4n) is 5.37. The molecule has 1 N–H and O–H groups in total. The SMILES string of the molecule is CC(C)(C)c1cc2c(c([C@@H]3CCCN3)c1)CN(C(=O)N1C3COCC1C3)CC2. The van der Waals surface area contributed by atoms with Gasteiger partial charge in [0.15, 0.2) is 0 Å². The molecule has 5 rings (SSSR count). The fraction of sp³-hybridized carbons (Fsp3) is 0.696. The lowest BCUT2D eigenvalue weighted by molar-refractivity contribution is -0.106. The van der Waals surface area contributed by atoms with Crippen LogP contribution in [0.3, 0.4) is 0 Å². The summed E-state index contributed by atoms with van der Waals surface area (Å²) in [6, 6.07) is 6.08. The predicted octanol–water partition coefficient (Wildman–Crippen LogP) is 3.36. The first-order chi connectivity index (χ1) is 13.4. The highest BCUT2D eigenvalue weighted by Gasteiger charge is 2.47. The molecule has 0 saturated carbocycles. The summed E-state index contributed by atoms with van der Waals surface area (Å²) in [5.41, 5.74) is 5.85. The van der Waals surface area contributed by atoms with Crippen molar-refractivity contribution in [1.29, 1.82) is 0 Å². The van der Waals surface area contributed by atoms with Crippen LogP contribution in [0.4, 0.5) is 4.79 Å². The third kappa shape index (κ3) is 3.03. The molecule has 4 heterocycles. The Balaban J connectivity index is 1.45. The maximum atomic E-state index is 13.2.